The lowest BCUT2D eigenvalue weighted by Gasteiger charge is -2.30. The number of para-hydroxylation sites is 2. The van der Waals surface area contributed by atoms with E-state index in [9.17, 15) is 23.3 Å². The predicted molar refractivity (Wildman–Crippen MR) is 114 cm³/mol. The highest BCUT2D eigenvalue weighted by Gasteiger charge is 2.32. The lowest BCUT2D eigenvalue weighted by molar-refractivity contribution is -0.384. The number of aryl methyl sites for hydroxylation is 1. The Morgan fingerprint density at radius 3 is 2.61 bits per heavy atom. The second kappa shape index (κ2) is 8.80. The van der Waals surface area contributed by atoms with Crippen LogP contribution in [0.25, 0.3) is 0 Å². The van der Waals surface area contributed by atoms with Crippen molar-refractivity contribution in [3.63, 3.8) is 0 Å². The SMILES string of the molecule is Cc1ccc([N+](=O)[O-])cc1N([C@H](C)C(=O)NC[C@H]1COc2ccccc2O1)S(C)(=O)=O. The number of ether oxygens (including phenoxy) is 2. The lowest BCUT2D eigenvalue weighted by atomic mass is 10.1. The molecule has 2 atom stereocenters. The zero-order valence-corrected chi connectivity index (χ0v) is 18.1. The smallest absolute Gasteiger partial charge is 0.271 e. The van der Waals surface area contributed by atoms with Gasteiger partial charge in [0.25, 0.3) is 5.69 Å². The Morgan fingerprint density at radius 1 is 1.29 bits per heavy atom. The van der Waals surface area contributed by atoms with E-state index in [-0.39, 0.29) is 24.5 Å². The number of nitrogens with one attached hydrogen (secondary N) is 1. The molecule has 0 spiro atoms. The molecule has 1 amide bonds. The maximum atomic E-state index is 12.8. The van der Waals surface area contributed by atoms with Crippen LogP contribution >= 0.6 is 0 Å². The molecule has 1 aliphatic rings. The number of nitro groups is 1. The Morgan fingerprint density at radius 2 is 1.97 bits per heavy atom. The number of benzene rings is 2. The van der Waals surface area contributed by atoms with Crippen LogP contribution in [0, 0.1) is 17.0 Å². The zero-order valence-electron chi connectivity index (χ0n) is 17.3. The van der Waals surface area contributed by atoms with Gasteiger partial charge in [-0.15, -0.1) is 0 Å². The maximum Gasteiger partial charge on any atom is 0.271 e. The van der Waals surface area contributed by atoms with Gasteiger partial charge in [-0.2, -0.15) is 0 Å². The van der Waals surface area contributed by atoms with Gasteiger partial charge in [0.05, 0.1) is 23.4 Å². The number of carbonyl (C=O) groups excluding carboxylic acids is 1. The van der Waals surface area contributed by atoms with E-state index >= 15 is 0 Å². The van der Waals surface area contributed by atoms with Crippen LogP contribution in [0.3, 0.4) is 0 Å². The van der Waals surface area contributed by atoms with E-state index < -0.39 is 33.0 Å². The van der Waals surface area contributed by atoms with Crippen LogP contribution in [0.15, 0.2) is 42.5 Å². The fraction of sp³-hybridized carbons (Fsp3) is 0.350. The summed E-state index contributed by atoms with van der Waals surface area (Å²) < 4.78 is 37.3. The van der Waals surface area contributed by atoms with Gasteiger partial charge in [-0.25, -0.2) is 8.42 Å². The Labute approximate surface area is 180 Å². The monoisotopic (exact) mass is 449 g/mol. The van der Waals surface area contributed by atoms with Gasteiger partial charge in [0, 0.05) is 12.1 Å². The highest BCUT2D eigenvalue weighted by molar-refractivity contribution is 7.92. The van der Waals surface area contributed by atoms with Gasteiger partial charge in [0.1, 0.15) is 18.8 Å². The van der Waals surface area contributed by atoms with Crippen molar-refractivity contribution < 1.29 is 27.6 Å². The first kappa shape index (κ1) is 22.3. The topological polar surface area (TPSA) is 128 Å². The lowest BCUT2D eigenvalue weighted by Crippen LogP contribution is -2.50. The minimum absolute atomic E-state index is 0.0746. The van der Waals surface area contributed by atoms with Crippen molar-refractivity contribution in [3.8, 4) is 11.5 Å². The van der Waals surface area contributed by atoms with Crippen LogP contribution in [0.5, 0.6) is 11.5 Å². The number of hydrogen-bond acceptors (Lipinski definition) is 7. The van der Waals surface area contributed by atoms with E-state index in [0.29, 0.717) is 17.1 Å². The van der Waals surface area contributed by atoms with Crippen molar-refractivity contribution in [2.45, 2.75) is 26.0 Å². The van der Waals surface area contributed by atoms with Crippen LogP contribution < -0.4 is 19.1 Å². The summed E-state index contributed by atoms with van der Waals surface area (Å²) in [6.07, 6.45) is 0.502. The molecule has 1 heterocycles. The van der Waals surface area contributed by atoms with Gasteiger partial charge in [0.2, 0.25) is 15.9 Å². The molecule has 0 aliphatic carbocycles. The molecule has 0 saturated carbocycles. The molecule has 0 bridgehead atoms. The second-order valence-corrected chi connectivity index (χ2v) is 9.06. The first-order chi connectivity index (χ1) is 14.6. The Balaban J connectivity index is 1.75. The predicted octanol–water partition coefficient (Wildman–Crippen LogP) is 2.01. The number of carbonyl (C=O) groups is 1. The fourth-order valence-corrected chi connectivity index (χ4v) is 4.48. The van der Waals surface area contributed by atoms with Crippen LogP contribution in [0.1, 0.15) is 12.5 Å². The molecular formula is C20H23N3O7S. The van der Waals surface area contributed by atoms with Crippen LogP contribution in [0.2, 0.25) is 0 Å². The standard InChI is InChI=1S/C20H23N3O7S/c1-13-8-9-15(23(25)26)10-17(13)22(31(3,27)28)14(2)20(24)21-11-16-12-29-18-6-4-5-7-19(18)30-16/h4-10,14,16H,11-12H2,1-3H3,(H,21,24)/t14-,16+/m1/s1. The highest BCUT2D eigenvalue weighted by Crippen LogP contribution is 2.31. The van der Waals surface area contributed by atoms with Gasteiger partial charge >= 0.3 is 0 Å². The quantitative estimate of drug-likeness (QED) is 0.506. The summed E-state index contributed by atoms with van der Waals surface area (Å²) in [6.45, 7) is 3.36. The van der Waals surface area contributed by atoms with E-state index in [1.165, 1.54) is 19.1 Å². The largest absolute Gasteiger partial charge is 0.486 e. The number of anilines is 1. The summed E-state index contributed by atoms with van der Waals surface area (Å²) in [5.74, 6) is 0.604. The van der Waals surface area contributed by atoms with E-state index in [2.05, 4.69) is 5.32 Å². The van der Waals surface area contributed by atoms with Crippen LogP contribution in [-0.4, -0.2) is 50.8 Å². The average molecular weight is 449 g/mol. The summed E-state index contributed by atoms with van der Waals surface area (Å²) in [5, 5.41) is 13.8. The minimum atomic E-state index is -3.92. The average Bonchev–Trinajstić information content (AvgIpc) is 2.72. The molecule has 166 valence electrons. The first-order valence-corrected chi connectivity index (χ1v) is 11.3. The molecule has 0 unspecified atom stereocenters. The number of rotatable bonds is 7. The molecule has 11 heteroatoms. The van der Waals surface area contributed by atoms with Gasteiger partial charge in [-0.05, 0) is 31.5 Å². The third-order valence-corrected chi connectivity index (χ3v) is 6.03. The van der Waals surface area contributed by atoms with Gasteiger partial charge in [-0.3, -0.25) is 19.2 Å². The highest BCUT2D eigenvalue weighted by atomic mass is 32.2. The molecule has 31 heavy (non-hydrogen) atoms. The summed E-state index contributed by atoms with van der Waals surface area (Å²) in [4.78, 5) is 23.3. The molecule has 1 N–H and O–H groups in total. The summed E-state index contributed by atoms with van der Waals surface area (Å²) in [7, 11) is -3.92. The Kier molecular flexibility index (Phi) is 6.34. The molecule has 3 rings (SSSR count). The molecule has 10 nitrogen and oxygen atoms in total. The van der Waals surface area contributed by atoms with Crippen molar-refractivity contribution in [2.75, 3.05) is 23.7 Å². The van der Waals surface area contributed by atoms with E-state index in [4.69, 9.17) is 9.47 Å². The molecule has 0 fully saturated rings. The number of non-ortho nitro benzene ring substituents is 1. The van der Waals surface area contributed by atoms with Gasteiger partial charge < -0.3 is 14.8 Å². The van der Waals surface area contributed by atoms with Crippen molar-refractivity contribution in [3.05, 3.63) is 58.1 Å². The van der Waals surface area contributed by atoms with Crippen molar-refractivity contribution in [2.24, 2.45) is 0 Å². The van der Waals surface area contributed by atoms with Crippen LogP contribution in [0.4, 0.5) is 11.4 Å². The summed E-state index contributed by atoms with van der Waals surface area (Å²) >= 11 is 0. The summed E-state index contributed by atoms with van der Waals surface area (Å²) in [6, 6.07) is 9.88. The molecule has 0 aromatic heterocycles. The number of sulfonamides is 1. The number of hydrogen-bond donors (Lipinski definition) is 1. The maximum absolute atomic E-state index is 12.8. The van der Waals surface area contributed by atoms with Crippen LogP contribution in [-0.2, 0) is 14.8 Å². The van der Waals surface area contributed by atoms with Crippen molar-refractivity contribution >= 4 is 27.3 Å². The minimum Gasteiger partial charge on any atom is -0.486 e. The number of amides is 1. The first-order valence-electron chi connectivity index (χ1n) is 9.48. The van der Waals surface area contributed by atoms with E-state index in [1.54, 1.807) is 25.1 Å². The van der Waals surface area contributed by atoms with Crippen molar-refractivity contribution in [1.82, 2.24) is 5.32 Å². The molecular weight excluding hydrogens is 426 g/mol. The molecule has 2 aromatic rings. The van der Waals surface area contributed by atoms with Gasteiger partial charge in [-0.1, -0.05) is 18.2 Å². The van der Waals surface area contributed by atoms with E-state index in [0.717, 1.165) is 16.6 Å². The third-order valence-electron chi connectivity index (χ3n) is 4.80. The Bertz CT molecular complexity index is 1100. The van der Waals surface area contributed by atoms with Gasteiger partial charge in [0.15, 0.2) is 11.5 Å². The number of fused-ring (bicyclic) bond motifs is 1. The molecule has 0 saturated heterocycles. The number of nitro benzene ring substituents is 1. The second-order valence-electron chi connectivity index (χ2n) is 7.21. The normalized spacial score (nSPS) is 16.3. The number of nitrogens with zero attached hydrogens (tertiary/aromatic N) is 2. The molecule has 2 aromatic carbocycles. The zero-order chi connectivity index (χ0) is 22.8. The van der Waals surface area contributed by atoms with E-state index in [1.807, 2.05) is 6.07 Å². The molecule has 0 radical (unpaired) electrons. The Hall–Kier alpha value is -3.34. The molecule has 1 aliphatic heterocycles. The fourth-order valence-electron chi connectivity index (χ4n) is 3.26. The third kappa shape index (κ3) is 5.05. The summed E-state index contributed by atoms with van der Waals surface area (Å²) in [5.41, 5.74) is 0.287. The van der Waals surface area contributed by atoms with Crippen molar-refractivity contribution in [1.29, 1.82) is 0 Å².